The van der Waals surface area contributed by atoms with E-state index in [2.05, 4.69) is 5.32 Å². The minimum Gasteiger partial charge on any atom is -0.352 e. The van der Waals surface area contributed by atoms with Gasteiger partial charge in [0.15, 0.2) is 0 Å². The van der Waals surface area contributed by atoms with Crippen molar-refractivity contribution in [2.45, 2.75) is 56.0 Å². The van der Waals surface area contributed by atoms with Gasteiger partial charge in [-0.05, 0) is 56.0 Å². The van der Waals surface area contributed by atoms with E-state index in [0.29, 0.717) is 11.6 Å². The Bertz CT molecular complexity index is 823. The third-order valence-corrected chi connectivity index (χ3v) is 6.78. The van der Waals surface area contributed by atoms with Gasteiger partial charge in [-0.25, -0.2) is 0 Å². The van der Waals surface area contributed by atoms with Crippen LogP contribution in [0.5, 0.6) is 0 Å². The topological polar surface area (TPSA) is 49.4 Å². The summed E-state index contributed by atoms with van der Waals surface area (Å²) in [5, 5.41) is 3.81. The fourth-order valence-electron chi connectivity index (χ4n) is 3.72. The van der Waals surface area contributed by atoms with Crippen LogP contribution < -0.4 is 5.32 Å². The van der Waals surface area contributed by atoms with Crippen molar-refractivity contribution >= 4 is 35.2 Å². The second-order valence-electron chi connectivity index (χ2n) is 7.73. The Morgan fingerprint density at radius 2 is 1.77 bits per heavy atom. The molecule has 4 nitrogen and oxygen atoms in total. The lowest BCUT2D eigenvalue weighted by molar-refractivity contribution is -0.138. The maximum absolute atomic E-state index is 13.1. The molecule has 1 aliphatic rings. The van der Waals surface area contributed by atoms with Crippen LogP contribution in [0.15, 0.2) is 59.5 Å². The van der Waals surface area contributed by atoms with Crippen molar-refractivity contribution < 1.29 is 9.59 Å². The average molecular weight is 445 g/mol. The predicted molar refractivity (Wildman–Crippen MR) is 124 cm³/mol. The summed E-state index contributed by atoms with van der Waals surface area (Å²) in [5.41, 5.74) is 1.16. The van der Waals surface area contributed by atoms with Crippen LogP contribution in [0.4, 0.5) is 0 Å². The van der Waals surface area contributed by atoms with Crippen molar-refractivity contribution in [2.75, 3.05) is 12.3 Å². The molecule has 2 amide bonds. The van der Waals surface area contributed by atoms with Gasteiger partial charge < -0.3 is 10.2 Å². The van der Waals surface area contributed by atoms with Crippen LogP contribution >= 0.6 is 23.4 Å². The van der Waals surface area contributed by atoms with E-state index in [9.17, 15) is 9.59 Å². The van der Waals surface area contributed by atoms with Crippen LogP contribution in [-0.4, -0.2) is 41.1 Å². The minimum absolute atomic E-state index is 0.0278. The van der Waals surface area contributed by atoms with E-state index in [1.165, 1.54) is 11.8 Å². The molecule has 0 heterocycles. The maximum atomic E-state index is 13.1. The van der Waals surface area contributed by atoms with Gasteiger partial charge in [-0.2, -0.15) is 0 Å². The number of carbonyl (C=O) groups is 2. The zero-order valence-electron chi connectivity index (χ0n) is 17.4. The van der Waals surface area contributed by atoms with E-state index >= 15 is 0 Å². The number of halogens is 1. The van der Waals surface area contributed by atoms with E-state index in [1.54, 1.807) is 4.90 Å². The number of hydrogen-bond acceptors (Lipinski definition) is 3. The van der Waals surface area contributed by atoms with Crippen molar-refractivity contribution in [3.8, 4) is 0 Å². The summed E-state index contributed by atoms with van der Waals surface area (Å²) in [5.74, 6) is 0.206. The Kier molecular flexibility index (Phi) is 8.64. The summed E-state index contributed by atoms with van der Waals surface area (Å²) in [4.78, 5) is 28.6. The van der Waals surface area contributed by atoms with Gasteiger partial charge in [-0.3, -0.25) is 9.59 Å². The van der Waals surface area contributed by atoms with Gasteiger partial charge >= 0.3 is 0 Å². The molecule has 0 aromatic heterocycles. The summed E-state index contributed by atoms with van der Waals surface area (Å²) in [6.07, 6.45) is 5.10. The Hall–Kier alpha value is -1.98. The van der Waals surface area contributed by atoms with Gasteiger partial charge in [0, 0.05) is 22.5 Å². The van der Waals surface area contributed by atoms with Gasteiger partial charge in [0.2, 0.25) is 11.8 Å². The number of thioether (sulfide) groups is 1. The zero-order chi connectivity index (χ0) is 21.3. The second kappa shape index (κ2) is 11.4. The Labute approximate surface area is 188 Å². The molecule has 1 aliphatic carbocycles. The summed E-state index contributed by atoms with van der Waals surface area (Å²) < 4.78 is 0. The maximum Gasteiger partial charge on any atom is 0.242 e. The SMILES string of the molecule is C[C@@H](C(=O)NC1CCCC1)N(CCc1ccccc1)C(=O)CSc1ccc(Cl)cc1. The Morgan fingerprint density at radius 3 is 2.43 bits per heavy atom. The van der Waals surface area contributed by atoms with E-state index in [0.717, 1.165) is 42.6 Å². The highest BCUT2D eigenvalue weighted by Gasteiger charge is 2.28. The highest BCUT2D eigenvalue weighted by molar-refractivity contribution is 8.00. The summed E-state index contributed by atoms with van der Waals surface area (Å²) >= 11 is 7.41. The van der Waals surface area contributed by atoms with E-state index in [-0.39, 0.29) is 23.6 Å². The molecule has 0 bridgehead atoms. The molecule has 2 aromatic carbocycles. The van der Waals surface area contributed by atoms with Crippen molar-refractivity contribution in [2.24, 2.45) is 0 Å². The molecule has 1 saturated carbocycles. The summed E-state index contributed by atoms with van der Waals surface area (Å²) in [6, 6.07) is 17.3. The monoisotopic (exact) mass is 444 g/mol. The van der Waals surface area contributed by atoms with Crippen molar-refractivity contribution in [3.05, 3.63) is 65.2 Å². The minimum atomic E-state index is -0.493. The Balaban J connectivity index is 1.64. The number of amides is 2. The number of benzene rings is 2. The van der Waals surface area contributed by atoms with Crippen LogP contribution in [0.25, 0.3) is 0 Å². The van der Waals surface area contributed by atoms with Crippen LogP contribution in [-0.2, 0) is 16.0 Å². The molecule has 0 unspecified atom stereocenters. The molecular weight excluding hydrogens is 416 g/mol. The highest BCUT2D eigenvalue weighted by Crippen LogP contribution is 2.22. The first-order chi connectivity index (χ1) is 14.5. The van der Waals surface area contributed by atoms with Crippen LogP contribution in [0.1, 0.15) is 38.2 Å². The van der Waals surface area contributed by atoms with Crippen LogP contribution in [0.3, 0.4) is 0 Å². The number of rotatable bonds is 9. The molecule has 0 aliphatic heterocycles. The lowest BCUT2D eigenvalue weighted by Gasteiger charge is -2.29. The predicted octanol–water partition coefficient (Wildman–Crippen LogP) is 4.95. The molecule has 0 radical (unpaired) electrons. The molecule has 30 heavy (non-hydrogen) atoms. The fourth-order valence-corrected chi connectivity index (χ4v) is 4.63. The molecule has 3 rings (SSSR count). The highest BCUT2D eigenvalue weighted by atomic mass is 35.5. The average Bonchev–Trinajstić information content (AvgIpc) is 3.27. The van der Waals surface area contributed by atoms with E-state index < -0.39 is 6.04 Å². The molecular formula is C24H29ClN2O2S. The first-order valence-corrected chi connectivity index (χ1v) is 11.9. The van der Waals surface area contributed by atoms with Crippen molar-refractivity contribution in [1.29, 1.82) is 0 Å². The molecule has 0 saturated heterocycles. The molecule has 160 valence electrons. The molecule has 6 heteroatoms. The third kappa shape index (κ3) is 6.78. The first-order valence-electron chi connectivity index (χ1n) is 10.5. The van der Waals surface area contributed by atoms with Crippen LogP contribution in [0, 0.1) is 0 Å². The summed E-state index contributed by atoms with van der Waals surface area (Å²) in [7, 11) is 0. The molecule has 0 spiro atoms. The van der Waals surface area contributed by atoms with Gasteiger partial charge in [-0.1, -0.05) is 54.8 Å². The number of nitrogens with zero attached hydrogens (tertiary/aromatic N) is 1. The fraction of sp³-hybridized carbons (Fsp3) is 0.417. The molecule has 1 atom stereocenters. The second-order valence-corrected chi connectivity index (χ2v) is 9.22. The number of carbonyl (C=O) groups excluding carboxylic acids is 2. The van der Waals surface area contributed by atoms with Crippen LogP contribution in [0.2, 0.25) is 5.02 Å². The quantitative estimate of drug-likeness (QED) is 0.556. The Morgan fingerprint density at radius 1 is 1.10 bits per heavy atom. The molecule has 1 fully saturated rings. The van der Waals surface area contributed by atoms with E-state index in [4.69, 9.17) is 11.6 Å². The largest absolute Gasteiger partial charge is 0.352 e. The third-order valence-electron chi connectivity index (χ3n) is 5.53. The van der Waals surface area contributed by atoms with Gasteiger partial charge in [0.25, 0.3) is 0 Å². The van der Waals surface area contributed by atoms with Crippen molar-refractivity contribution in [1.82, 2.24) is 10.2 Å². The standard InChI is InChI=1S/C24H29ClN2O2S/c1-18(24(29)26-21-9-5-6-10-21)27(16-15-19-7-3-2-4-8-19)23(28)17-30-22-13-11-20(25)12-14-22/h2-4,7-8,11-14,18,21H,5-6,9-10,15-17H2,1H3,(H,26,29)/t18-/m0/s1. The summed E-state index contributed by atoms with van der Waals surface area (Å²) in [6.45, 7) is 2.35. The lowest BCUT2D eigenvalue weighted by Crippen LogP contribution is -2.51. The zero-order valence-corrected chi connectivity index (χ0v) is 18.9. The lowest BCUT2D eigenvalue weighted by atomic mass is 10.1. The smallest absolute Gasteiger partial charge is 0.242 e. The van der Waals surface area contributed by atoms with Crippen molar-refractivity contribution in [3.63, 3.8) is 0 Å². The number of hydrogen-bond donors (Lipinski definition) is 1. The molecule has 2 aromatic rings. The van der Waals surface area contributed by atoms with Gasteiger partial charge in [0.1, 0.15) is 6.04 Å². The first kappa shape index (κ1) is 22.7. The van der Waals surface area contributed by atoms with Gasteiger partial charge in [0.05, 0.1) is 5.75 Å². The number of nitrogens with one attached hydrogen (secondary N) is 1. The van der Waals surface area contributed by atoms with E-state index in [1.807, 2.05) is 61.5 Å². The normalized spacial score (nSPS) is 15.0. The van der Waals surface area contributed by atoms with Gasteiger partial charge in [-0.15, -0.1) is 11.8 Å². The molecule has 1 N–H and O–H groups in total.